The third kappa shape index (κ3) is 1.51. The van der Waals surface area contributed by atoms with Crippen molar-refractivity contribution in [3.05, 3.63) is 29.8 Å². The van der Waals surface area contributed by atoms with Gasteiger partial charge in [0.15, 0.2) is 0 Å². The van der Waals surface area contributed by atoms with Crippen LogP contribution in [0.2, 0.25) is 0 Å². The predicted octanol–water partition coefficient (Wildman–Crippen LogP) is 0.889. The van der Waals surface area contributed by atoms with E-state index in [1.54, 1.807) is 18.2 Å². The molecule has 1 aromatic rings. The number of morpholine rings is 1. The molecule has 0 radical (unpaired) electrons. The van der Waals surface area contributed by atoms with Gasteiger partial charge in [-0.05, 0) is 12.1 Å². The van der Waals surface area contributed by atoms with Crippen LogP contribution in [-0.4, -0.2) is 35.7 Å². The van der Waals surface area contributed by atoms with Crippen molar-refractivity contribution >= 4 is 17.6 Å². The van der Waals surface area contributed by atoms with Crippen LogP contribution in [0.4, 0.5) is 5.69 Å². The lowest BCUT2D eigenvalue weighted by Gasteiger charge is -2.46. The second-order valence-corrected chi connectivity index (χ2v) is 4.25. The lowest BCUT2D eigenvalue weighted by atomic mass is 9.96. The Morgan fingerprint density at radius 2 is 2.12 bits per heavy atom. The van der Waals surface area contributed by atoms with E-state index in [9.17, 15) is 9.59 Å². The normalized spacial score (nSPS) is 26.6. The van der Waals surface area contributed by atoms with Gasteiger partial charge in [0.2, 0.25) is 0 Å². The van der Waals surface area contributed by atoms with Crippen LogP contribution in [0.15, 0.2) is 24.3 Å². The molecule has 4 rings (SSSR count). The highest BCUT2D eigenvalue weighted by molar-refractivity contribution is 6.04. The minimum absolute atomic E-state index is 0.0551. The number of hydrogen-bond acceptors (Lipinski definition) is 3. The summed E-state index contributed by atoms with van der Waals surface area (Å²) in [6.45, 7) is 0.444. The Kier molecular flexibility index (Phi) is 2.16. The van der Waals surface area contributed by atoms with E-state index in [0.29, 0.717) is 12.2 Å². The number of ether oxygens (including phenoxy) is 1. The minimum Gasteiger partial charge on any atom is -0.478 e. The van der Waals surface area contributed by atoms with Crippen LogP contribution < -0.4 is 4.90 Å². The van der Waals surface area contributed by atoms with Crippen LogP contribution in [0.5, 0.6) is 0 Å². The Morgan fingerprint density at radius 3 is 2.76 bits per heavy atom. The van der Waals surface area contributed by atoms with E-state index in [1.165, 1.54) is 11.0 Å². The number of benzene rings is 1. The predicted molar refractivity (Wildman–Crippen MR) is 59.0 cm³/mol. The van der Waals surface area contributed by atoms with Gasteiger partial charge in [-0.15, -0.1) is 0 Å². The van der Waals surface area contributed by atoms with Crippen molar-refractivity contribution in [3.8, 4) is 0 Å². The van der Waals surface area contributed by atoms with E-state index >= 15 is 0 Å². The molecule has 1 N–H and O–H groups in total. The van der Waals surface area contributed by atoms with Gasteiger partial charge in [-0.3, -0.25) is 4.79 Å². The number of carbonyl (C=O) groups excluding carboxylic acids is 1. The molecule has 3 fully saturated rings. The lowest BCUT2D eigenvalue weighted by Crippen LogP contribution is -2.61. The first-order valence-electron chi connectivity index (χ1n) is 5.46. The van der Waals surface area contributed by atoms with Gasteiger partial charge in [-0.1, -0.05) is 12.1 Å². The van der Waals surface area contributed by atoms with Crippen LogP contribution in [0.25, 0.3) is 0 Å². The highest BCUT2D eigenvalue weighted by atomic mass is 16.5. The molecule has 2 unspecified atom stereocenters. The Bertz CT molecular complexity index is 493. The minimum atomic E-state index is -1.02. The number of amides is 1. The lowest BCUT2D eigenvalue weighted by molar-refractivity contribution is -0.169. The fourth-order valence-corrected chi connectivity index (χ4v) is 2.31. The second kappa shape index (κ2) is 3.56. The summed E-state index contributed by atoms with van der Waals surface area (Å²) in [5.74, 6) is -1.16. The van der Waals surface area contributed by atoms with E-state index < -0.39 is 5.97 Å². The fourth-order valence-electron chi connectivity index (χ4n) is 2.31. The third-order valence-corrected chi connectivity index (χ3v) is 3.19. The number of para-hydroxylation sites is 1. The number of piperidine rings is 1. The largest absolute Gasteiger partial charge is 0.478 e. The van der Waals surface area contributed by atoms with Crippen molar-refractivity contribution < 1.29 is 19.4 Å². The van der Waals surface area contributed by atoms with E-state index in [1.807, 2.05) is 0 Å². The Hall–Kier alpha value is -1.88. The van der Waals surface area contributed by atoms with Gasteiger partial charge in [-0.25, -0.2) is 4.79 Å². The van der Waals surface area contributed by atoms with Crippen molar-refractivity contribution in [2.45, 2.75) is 18.6 Å². The van der Waals surface area contributed by atoms with E-state index in [0.717, 1.165) is 6.42 Å². The molecule has 0 saturated carbocycles. The molecule has 3 aliphatic heterocycles. The maximum absolute atomic E-state index is 11.9. The highest BCUT2D eigenvalue weighted by Gasteiger charge is 2.46. The van der Waals surface area contributed by atoms with Crippen molar-refractivity contribution in [2.75, 3.05) is 11.4 Å². The molecule has 3 heterocycles. The highest BCUT2D eigenvalue weighted by Crippen LogP contribution is 2.33. The van der Waals surface area contributed by atoms with Crippen LogP contribution in [-0.2, 0) is 9.53 Å². The maximum atomic E-state index is 11.9. The van der Waals surface area contributed by atoms with Crippen molar-refractivity contribution in [1.82, 2.24) is 0 Å². The number of carboxylic acids is 1. The van der Waals surface area contributed by atoms with Crippen LogP contribution in [0.3, 0.4) is 0 Å². The summed E-state index contributed by atoms with van der Waals surface area (Å²) in [6, 6.07) is 6.55. The van der Waals surface area contributed by atoms with Gasteiger partial charge in [-0.2, -0.15) is 0 Å². The number of anilines is 1. The zero-order chi connectivity index (χ0) is 12.0. The number of hydrogen-bond donors (Lipinski definition) is 1. The topological polar surface area (TPSA) is 66.8 Å². The summed E-state index contributed by atoms with van der Waals surface area (Å²) in [7, 11) is 0. The first kappa shape index (κ1) is 10.3. The monoisotopic (exact) mass is 233 g/mol. The molecule has 1 amide bonds. The average Bonchev–Trinajstić information content (AvgIpc) is 2.27. The molecular formula is C12H11NO4. The third-order valence-electron chi connectivity index (χ3n) is 3.19. The molecule has 0 aliphatic carbocycles. The van der Waals surface area contributed by atoms with Crippen LogP contribution >= 0.6 is 0 Å². The molecule has 0 spiro atoms. The number of fused-ring (bicyclic) bond motifs is 2. The van der Waals surface area contributed by atoms with Gasteiger partial charge in [0, 0.05) is 6.42 Å². The van der Waals surface area contributed by atoms with E-state index in [-0.39, 0.29) is 23.7 Å². The molecule has 88 valence electrons. The maximum Gasteiger partial charge on any atom is 0.337 e. The smallest absolute Gasteiger partial charge is 0.337 e. The Balaban J connectivity index is 1.99. The first-order valence-corrected chi connectivity index (χ1v) is 5.46. The SMILES string of the molecule is O=C(O)c1ccccc1N1CC2CC(O2)C1=O. The molecule has 5 heteroatoms. The molecule has 5 nitrogen and oxygen atoms in total. The Labute approximate surface area is 97.6 Å². The fraction of sp³-hybridized carbons (Fsp3) is 0.333. The number of carbonyl (C=O) groups is 2. The quantitative estimate of drug-likeness (QED) is 0.823. The van der Waals surface area contributed by atoms with Gasteiger partial charge >= 0.3 is 5.97 Å². The van der Waals surface area contributed by atoms with Gasteiger partial charge in [0.1, 0.15) is 6.10 Å². The summed E-state index contributed by atoms with van der Waals surface area (Å²) < 4.78 is 5.30. The summed E-state index contributed by atoms with van der Waals surface area (Å²) >= 11 is 0. The molecule has 3 saturated heterocycles. The molecule has 0 aromatic heterocycles. The van der Waals surface area contributed by atoms with Crippen molar-refractivity contribution in [3.63, 3.8) is 0 Å². The van der Waals surface area contributed by atoms with Crippen LogP contribution in [0, 0.1) is 0 Å². The van der Waals surface area contributed by atoms with Gasteiger partial charge in [0.25, 0.3) is 5.91 Å². The standard InChI is InChI=1S/C12H11NO4/c14-11-10-5-7(17-10)6-13(11)9-4-2-1-3-8(9)12(15)16/h1-4,7,10H,5-6H2,(H,15,16). The number of carboxylic acid groups (broad SMARTS) is 1. The van der Waals surface area contributed by atoms with E-state index in [4.69, 9.17) is 9.84 Å². The zero-order valence-electron chi connectivity index (χ0n) is 9.00. The average molecular weight is 233 g/mol. The molecule has 2 atom stereocenters. The molecule has 2 bridgehead atoms. The van der Waals surface area contributed by atoms with Gasteiger partial charge < -0.3 is 14.7 Å². The van der Waals surface area contributed by atoms with Gasteiger partial charge in [0.05, 0.1) is 23.9 Å². The summed E-state index contributed by atoms with van der Waals surface area (Å²) in [5.41, 5.74) is 0.616. The van der Waals surface area contributed by atoms with Crippen LogP contribution in [0.1, 0.15) is 16.8 Å². The van der Waals surface area contributed by atoms with E-state index in [2.05, 4.69) is 0 Å². The number of aromatic carboxylic acids is 1. The number of nitrogens with zero attached hydrogens (tertiary/aromatic N) is 1. The first-order chi connectivity index (χ1) is 8.16. The zero-order valence-corrected chi connectivity index (χ0v) is 9.00. The number of rotatable bonds is 2. The molecular weight excluding hydrogens is 222 g/mol. The van der Waals surface area contributed by atoms with Crippen molar-refractivity contribution in [2.24, 2.45) is 0 Å². The summed E-state index contributed by atoms with van der Waals surface area (Å²) in [6.07, 6.45) is 0.431. The summed E-state index contributed by atoms with van der Waals surface area (Å²) in [5, 5.41) is 9.09. The molecule has 1 aromatic carbocycles. The van der Waals surface area contributed by atoms with Crippen molar-refractivity contribution in [1.29, 1.82) is 0 Å². The molecule has 17 heavy (non-hydrogen) atoms. The molecule has 3 aliphatic rings. The Morgan fingerprint density at radius 1 is 1.41 bits per heavy atom. The second-order valence-electron chi connectivity index (χ2n) is 4.25. The summed E-state index contributed by atoms with van der Waals surface area (Å²) in [4.78, 5) is 24.6.